The van der Waals surface area contributed by atoms with Gasteiger partial charge in [0.15, 0.2) is 0 Å². The van der Waals surface area contributed by atoms with E-state index in [0.29, 0.717) is 10.9 Å². The van der Waals surface area contributed by atoms with Gasteiger partial charge in [-0.25, -0.2) is 0 Å². The fourth-order valence-electron chi connectivity index (χ4n) is 0.908. The van der Waals surface area contributed by atoms with Gasteiger partial charge in [-0.1, -0.05) is 26.1 Å². The van der Waals surface area contributed by atoms with Crippen LogP contribution in [0.15, 0.2) is 18.5 Å². The van der Waals surface area contributed by atoms with Crippen LogP contribution >= 0.6 is 12.2 Å². The summed E-state index contributed by atoms with van der Waals surface area (Å²) in [5.74, 6) is 0.465. The number of rotatable bonds is 2. The number of pyridine rings is 1. The molecule has 0 aliphatic carbocycles. The number of aromatic nitrogens is 1. The van der Waals surface area contributed by atoms with E-state index in [4.69, 9.17) is 18.0 Å². The number of thiocarbonyl (C=S) groups is 1. The highest BCUT2D eigenvalue weighted by Crippen LogP contribution is 2.13. The molecule has 0 aliphatic heterocycles. The molecule has 3 heteroatoms. The van der Waals surface area contributed by atoms with E-state index in [1.165, 1.54) is 5.56 Å². The standard InChI is InChI=1S/C9H12N2S/c1-6(2)7-3-8(9(10)12)5-11-4-7/h3-6H,1-2H3,(H2,10,12). The van der Waals surface area contributed by atoms with E-state index in [2.05, 4.69) is 18.8 Å². The Morgan fingerprint density at radius 3 is 2.67 bits per heavy atom. The van der Waals surface area contributed by atoms with Gasteiger partial charge in [0, 0.05) is 18.0 Å². The first-order valence-electron chi connectivity index (χ1n) is 3.86. The van der Waals surface area contributed by atoms with Crippen LogP contribution in [0.2, 0.25) is 0 Å². The van der Waals surface area contributed by atoms with Gasteiger partial charge in [-0.15, -0.1) is 0 Å². The molecule has 0 bridgehead atoms. The predicted molar refractivity (Wildman–Crippen MR) is 54.2 cm³/mol. The lowest BCUT2D eigenvalue weighted by atomic mass is 10.0. The Labute approximate surface area is 77.8 Å². The molecule has 0 spiro atoms. The van der Waals surface area contributed by atoms with Crippen molar-refractivity contribution >= 4 is 17.2 Å². The Hall–Kier alpha value is -0.960. The molecule has 0 atom stereocenters. The maximum Gasteiger partial charge on any atom is 0.105 e. The van der Waals surface area contributed by atoms with Gasteiger partial charge < -0.3 is 5.73 Å². The van der Waals surface area contributed by atoms with Crippen LogP contribution in [0, 0.1) is 0 Å². The van der Waals surface area contributed by atoms with E-state index in [9.17, 15) is 0 Å². The van der Waals surface area contributed by atoms with Gasteiger partial charge in [0.25, 0.3) is 0 Å². The Bertz CT molecular complexity index is 294. The molecule has 0 amide bonds. The normalized spacial score (nSPS) is 10.2. The van der Waals surface area contributed by atoms with Crippen LogP contribution in [-0.4, -0.2) is 9.97 Å². The fraction of sp³-hybridized carbons (Fsp3) is 0.333. The third kappa shape index (κ3) is 2.01. The lowest BCUT2D eigenvalue weighted by Gasteiger charge is -2.05. The zero-order chi connectivity index (χ0) is 9.14. The first kappa shape index (κ1) is 9.13. The van der Waals surface area contributed by atoms with Crippen LogP contribution in [0.3, 0.4) is 0 Å². The van der Waals surface area contributed by atoms with Crippen molar-refractivity contribution in [3.8, 4) is 0 Å². The van der Waals surface area contributed by atoms with Crippen molar-refractivity contribution in [2.24, 2.45) is 5.73 Å². The highest BCUT2D eigenvalue weighted by Gasteiger charge is 2.01. The molecule has 12 heavy (non-hydrogen) atoms. The molecule has 0 aliphatic rings. The summed E-state index contributed by atoms with van der Waals surface area (Å²) in [6.45, 7) is 4.22. The van der Waals surface area contributed by atoms with E-state index in [1.54, 1.807) is 6.20 Å². The first-order valence-corrected chi connectivity index (χ1v) is 4.27. The molecule has 0 radical (unpaired) electrons. The summed E-state index contributed by atoms with van der Waals surface area (Å²) in [7, 11) is 0. The monoisotopic (exact) mass is 180 g/mol. The van der Waals surface area contributed by atoms with Gasteiger partial charge >= 0.3 is 0 Å². The lowest BCUT2D eigenvalue weighted by molar-refractivity contribution is 0.857. The fourth-order valence-corrected chi connectivity index (χ4v) is 1.02. The van der Waals surface area contributed by atoms with Gasteiger partial charge in [0.05, 0.1) is 0 Å². The van der Waals surface area contributed by atoms with E-state index in [1.807, 2.05) is 12.3 Å². The molecule has 2 nitrogen and oxygen atoms in total. The minimum atomic E-state index is 0.407. The van der Waals surface area contributed by atoms with E-state index < -0.39 is 0 Å². The average molecular weight is 180 g/mol. The van der Waals surface area contributed by atoms with E-state index >= 15 is 0 Å². The molecule has 0 aromatic carbocycles. The Morgan fingerprint density at radius 1 is 1.50 bits per heavy atom. The number of hydrogen-bond acceptors (Lipinski definition) is 2. The maximum atomic E-state index is 5.47. The number of hydrogen-bond donors (Lipinski definition) is 1. The molecule has 1 aromatic heterocycles. The highest BCUT2D eigenvalue weighted by atomic mass is 32.1. The second kappa shape index (κ2) is 3.63. The van der Waals surface area contributed by atoms with Crippen molar-refractivity contribution in [2.45, 2.75) is 19.8 Å². The molecule has 0 unspecified atom stereocenters. The molecule has 0 fully saturated rings. The van der Waals surface area contributed by atoms with Gasteiger partial charge in [-0.2, -0.15) is 0 Å². The zero-order valence-corrected chi connectivity index (χ0v) is 8.06. The maximum absolute atomic E-state index is 5.47. The molecule has 0 saturated heterocycles. The van der Waals surface area contributed by atoms with E-state index in [0.717, 1.165) is 5.56 Å². The van der Waals surface area contributed by atoms with Crippen molar-refractivity contribution in [3.05, 3.63) is 29.6 Å². The van der Waals surface area contributed by atoms with Crippen LogP contribution in [0.5, 0.6) is 0 Å². The second-order valence-electron chi connectivity index (χ2n) is 3.03. The summed E-state index contributed by atoms with van der Waals surface area (Å²) >= 11 is 4.85. The van der Waals surface area contributed by atoms with Crippen molar-refractivity contribution in [1.29, 1.82) is 0 Å². The summed E-state index contributed by atoms with van der Waals surface area (Å²) in [6.07, 6.45) is 3.53. The van der Waals surface area contributed by atoms with Crippen molar-refractivity contribution in [2.75, 3.05) is 0 Å². The molecule has 0 saturated carbocycles. The lowest BCUT2D eigenvalue weighted by Crippen LogP contribution is -2.10. The predicted octanol–water partition coefficient (Wildman–Crippen LogP) is 1.84. The van der Waals surface area contributed by atoms with Gasteiger partial charge in [0.2, 0.25) is 0 Å². The molecule has 1 aromatic rings. The first-order chi connectivity index (χ1) is 5.61. The molecular weight excluding hydrogens is 168 g/mol. The van der Waals surface area contributed by atoms with Gasteiger partial charge in [-0.3, -0.25) is 4.98 Å². The third-order valence-electron chi connectivity index (χ3n) is 1.71. The summed E-state index contributed by atoms with van der Waals surface area (Å²) in [4.78, 5) is 4.47. The molecule has 1 rings (SSSR count). The molecule has 2 N–H and O–H groups in total. The van der Waals surface area contributed by atoms with Gasteiger partial charge in [-0.05, 0) is 17.5 Å². The molecule has 1 heterocycles. The van der Waals surface area contributed by atoms with Crippen LogP contribution in [0.25, 0.3) is 0 Å². The largest absolute Gasteiger partial charge is 0.389 e. The smallest absolute Gasteiger partial charge is 0.105 e. The second-order valence-corrected chi connectivity index (χ2v) is 3.47. The minimum absolute atomic E-state index is 0.407. The Balaban J connectivity index is 3.04. The third-order valence-corrected chi connectivity index (χ3v) is 1.95. The van der Waals surface area contributed by atoms with Crippen molar-refractivity contribution < 1.29 is 0 Å². The summed E-state index contributed by atoms with van der Waals surface area (Å²) in [5.41, 5.74) is 7.48. The molecular formula is C9H12N2S. The van der Waals surface area contributed by atoms with Crippen molar-refractivity contribution in [1.82, 2.24) is 4.98 Å². The number of nitrogens with zero attached hydrogens (tertiary/aromatic N) is 1. The minimum Gasteiger partial charge on any atom is -0.389 e. The molecule has 64 valence electrons. The Morgan fingerprint density at radius 2 is 2.17 bits per heavy atom. The van der Waals surface area contributed by atoms with Crippen LogP contribution in [0.4, 0.5) is 0 Å². The van der Waals surface area contributed by atoms with E-state index in [-0.39, 0.29) is 0 Å². The summed E-state index contributed by atoms with van der Waals surface area (Å²) in [5, 5.41) is 0. The van der Waals surface area contributed by atoms with Crippen LogP contribution in [-0.2, 0) is 0 Å². The van der Waals surface area contributed by atoms with Crippen LogP contribution < -0.4 is 5.73 Å². The highest BCUT2D eigenvalue weighted by molar-refractivity contribution is 7.80. The summed E-state index contributed by atoms with van der Waals surface area (Å²) < 4.78 is 0. The van der Waals surface area contributed by atoms with Crippen LogP contribution in [0.1, 0.15) is 30.9 Å². The number of nitrogens with two attached hydrogens (primary N) is 1. The summed E-state index contributed by atoms with van der Waals surface area (Å²) in [6, 6.07) is 1.99. The zero-order valence-electron chi connectivity index (χ0n) is 7.24. The topological polar surface area (TPSA) is 38.9 Å². The average Bonchev–Trinajstić information content (AvgIpc) is 2.04. The Kier molecular flexibility index (Phi) is 2.76. The quantitative estimate of drug-likeness (QED) is 0.706. The van der Waals surface area contributed by atoms with Gasteiger partial charge in [0.1, 0.15) is 4.99 Å². The SMILES string of the molecule is CC(C)c1cncc(C(N)=S)c1. The van der Waals surface area contributed by atoms with Crippen molar-refractivity contribution in [3.63, 3.8) is 0 Å².